The van der Waals surface area contributed by atoms with Crippen molar-refractivity contribution in [2.75, 3.05) is 31.1 Å². The second kappa shape index (κ2) is 6.93. The standard InChI is InChI=1S/C21H22N4OS/c26-21(15-8-9-15)25-11-4-10-24(12-13-25)20-16-5-1-2-6-17(16)22-19(23-20)18-7-3-14-27-18/h1-3,5-7,14-15H,4,8-13H2. The summed E-state index contributed by atoms with van der Waals surface area (Å²) in [6.07, 6.45) is 3.12. The molecule has 3 heterocycles. The summed E-state index contributed by atoms with van der Waals surface area (Å²) < 4.78 is 0. The molecule has 3 aromatic rings. The summed E-state index contributed by atoms with van der Waals surface area (Å²) in [5.74, 6) is 2.42. The fraction of sp³-hybridized carbons (Fsp3) is 0.381. The zero-order chi connectivity index (χ0) is 18.2. The minimum absolute atomic E-state index is 0.293. The van der Waals surface area contributed by atoms with E-state index < -0.39 is 0 Å². The zero-order valence-corrected chi connectivity index (χ0v) is 16.0. The number of benzene rings is 1. The van der Waals surface area contributed by atoms with Gasteiger partial charge in [-0.15, -0.1) is 11.3 Å². The maximum absolute atomic E-state index is 12.5. The van der Waals surface area contributed by atoms with Crippen molar-refractivity contribution in [1.82, 2.24) is 14.9 Å². The Labute approximate surface area is 162 Å². The van der Waals surface area contributed by atoms with Crippen LogP contribution < -0.4 is 4.90 Å². The van der Waals surface area contributed by atoms with Gasteiger partial charge in [-0.25, -0.2) is 9.97 Å². The highest BCUT2D eigenvalue weighted by Gasteiger charge is 2.34. The van der Waals surface area contributed by atoms with E-state index in [9.17, 15) is 4.79 Å². The molecule has 1 saturated heterocycles. The number of rotatable bonds is 3. The van der Waals surface area contributed by atoms with Crippen LogP contribution >= 0.6 is 11.3 Å². The Hall–Kier alpha value is -2.47. The minimum Gasteiger partial charge on any atom is -0.354 e. The molecule has 0 atom stereocenters. The first-order valence-corrected chi connectivity index (χ1v) is 10.5. The van der Waals surface area contributed by atoms with E-state index in [-0.39, 0.29) is 0 Å². The summed E-state index contributed by atoms with van der Waals surface area (Å²) in [5, 5.41) is 3.14. The third-order valence-electron chi connectivity index (χ3n) is 5.36. The molecule has 1 aliphatic heterocycles. The van der Waals surface area contributed by atoms with E-state index in [0.29, 0.717) is 11.8 Å². The maximum atomic E-state index is 12.5. The largest absolute Gasteiger partial charge is 0.354 e. The summed E-state index contributed by atoms with van der Waals surface area (Å²) >= 11 is 1.66. The number of para-hydroxylation sites is 1. The number of nitrogens with zero attached hydrogens (tertiary/aromatic N) is 4. The normalized spacial score (nSPS) is 17.9. The number of hydrogen-bond acceptors (Lipinski definition) is 5. The molecule has 5 nitrogen and oxygen atoms in total. The van der Waals surface area contributed by atoms with Crippen LogP contribution in [0.3, 0.4) is 0 Å². The quantitative estimate of drug-likeness (QED) is 0.695. The number of hydrogen-bond donors (Lipinski definition) is 0. The number of carbonyl (C=O) groups is 1. The number of aromatic nitrogens is 2. The van der Waals surface area contributed by atoms with Crippen molar-refractivity contribution in [3.05, 3.63) is 41.8 Å². The van der Waals surface area contributed by atoms with Crippen LogP contribution in [0.25, 0.3) is 21.6 Å². The highest BCUT2D eigenvalue weighted by atomic mass is 32.1. The molecule has 0 N–H and O–H groups in total. The number of thiophene rings is 1. The molecular weight excluding hydrogens is 356 g/mol. The van der Waals surface area contributed by atoms with E-state index in [4.69, 9.17) is 9.97 Å². The summed E-state index contributed by atoms with van der Waals surface area (Å²) in [5.41, 5.74) is 0.973. The predicted octanol–water partition coefficient (Wildman–Crippen LogP) is 3.81. The van der Waals surface area contributed by atoms with E-state index >= 15 is 0 Å². The zero-order valence-electron chi connectivity index (χ0n) is 15.2. The predicted molar refractivity (Wildman–Crippen MR) is 109 cm³/mol. The van der Waals surface area contributed by atoms with Crippen LogP contribution in [0.15, 0.2) is 41.8 Å². The summed E-state index contributed by atoms with van der Waals surface area (Å²) in [4.78, 5) is 27.7. The van der Waals surface area contributed by atoms with E-state index in [2.05, 4.69) is 33.4 Å². The minimum atomic E-state index is 0.293. The summed E-state index contributed by atoms with van der Waals surface area (Å²) in [6, 6.07) is 12.3. The van der Waals surface area contributed by atoms with E-state index in [1.807, 2.05) is 18.2 Å². The molecule has 2 aliphatic rings. The SMILES string of the molecule is O=C(C1CC1)N1CCCN(c2nc(-c3cccs3)nc3ccccc23)CC1. The lowest BCUT2D eigenvalue weighted by molar-refractivity contribution is -0.132. The van der Waals surface area contributed by atoms with Crippen LogP contribution in [-0.4, -0.2) is 47.0 Å². The van der Waals surface area contributed by atoms with Gasteiger partial charge in [-0.1, -0.05) is 18.2 Å². The van der Waals surface area contributed by atoms with Crippen LogP contribution in [0.5, 0.6) is 0 Å². The number of anilines is 1. The van der Waals surface area contributed by atoms with Gasteiger partial charge in [0.2, 0.25) is 5.91 Å². The smallest absolute Gasteiger partial charge is 0.225 e. The monoisotopic (exact) mass is 378 g/mol. The van der Waals surface area contributed by atoms with Crippen molar-refractivity contribution in [1.29, 1.82) is 0 Å². The lowest BCUT2D eigenvalue weighted by atomic mass is 10.2. The molecule has 6 heteroatoms. The Balaban J connectivity index is 1.49. The molecule has 0 spiro atoms. The van der Waals surface area contributed by atoms with Gasteiger partial charge < -0.3 is 9.80 Å². The Morgan fingerprint density at radius 3 is 2.70 bits per heavy atom. The third kappa shape index (κ3) is 3.30. The molecule has 1 amide bonds. The van der Waals surface area contributed by atoms with Crippen molar-refractivity contribution >= 4 is 34.0 Å². The molecule has 0 unspecified atom stereocenters. The van der Waals surface area contributed by atoms with Crippen LogP contribution in [0.4, 0.5) is 5.82 Å². The fourth-order valence-electron chi connectivity index (χ4n) is 3.76. The van der Waals surface area contributed by atoms with Gasteiger partial charge >= 0.3 is 0 Å². The highest BCUT2D eigenvalue weighted by Crippen LogP contribution is 2.32. The molecule has 1 aromatic carbocycles. The molecule has 0 bridgehead atoms. The fourth-order valence-corrected chi connectivity index (χ4v) is 4.41. The van der Waals surface area contributed by atoms with Gasteiger partial charge in [-0.05, 0) is 42.8 Å². The van der Waals surface area contributed by atoms with Gasteiger partial charge in [-0.3, -0.25) is 4.79 Å². The maximum Gasteiger partial charge on any atom is 0.225 e. The van der Waals surface area contributed by atoms with Crippen LogP contribution in [0.1, 0.15) is 19.3 Å². The van der Waals surface area contributed by atoms with Gasteiger partial charge in [0.15, 0.2) is 5.82 Å². The molecule has 2 aromatic heterocycles. The molecule has 1 aliphatic carbocycles. The Kier molecular flexibility index (Phi) is 4.28. The molecule has 5 rings (SSSR count). The first kappa shape index (κ1) is 16.7. The van der Waals surface area contributed by atoms with Gasteiger partial charge in [0, 0.05) is 37.5 Å². The average molecular weight is 379 g/mol. The van der Waals surface area contributed by atoms with Gasteiger partial charge in [-0.2, -0.15) is 0 Å². The van der Waals surface area contributed by atoms with Crippen LogP contribution in [0.2, 0.25) is 0 Å². The first-order valence-electron chi connectivity index (χ1n) is 9.64. The molecule has 138 valence electrons. The summed E-state index contributed by atoms with van der Waals surface area (Å²) in [7, 11) is 0. The number of fused-ring (bicyclic) bond motifs is 1. The van der Waals surface area contributed by atoms with E-state index in [0.717, 1.165) is 72.9 Å². The first-order chi connectivity index (χ1) is 13.3. The molecule has 2 fully saturated rings. The number of carbonyl (C=O) groups excluding carboxylic acids is 1. The second-order valence-corrected chi connectivity index (χ2v) is 8.25. The van der Waals surface area contributed by atoms with Gasteiger partial charge in [0.05, 0.1) is 10.4 Å². The van der Waals surface area contributed by atoms with E-state index in [1.165, 1.54) is 0 Å². The van der Waals surface area contributed by atoms with Crippen LogP contribution in [0, 0.1) is 5.92 Å². The van der Waals surface area contributed by atoms with Crippen molar-refractivity contribution in [2.45, 2.75) is 19.3 Å². The average Bonchev–Trinajstić information content (AvgIpc) is 3.46. The van der Waals surface area contributed by atoms with Gasteiger partial charge in [0.25, 0.3) is 0 Å². The lowest BCUT2D eigenvalue weighted by Crippen LogP contribution is -2.36. The Morgan fingerprint density at radius 1 is 1.00 bits per heavy atom. The Morgan fingerprint density at radius 2 is 1.89 bits per heavy atom. The summed E-state index contributed by atoms with van der Waals surface area (Å²) in [6.45, 7) is 3.37. The van der Waals surface area contributed by atoms with Crippen molar-refractivity contribution in [3.8, 4) is 10.7 Å². The van der Waals surface area contributed by atoms with Crippen molar-refractivity contribution in [3.63, 3.8) is 0 Å². The molecule has 0 radical (unpaired) electrons. The lowest BCUT2D eigenvalue weighted by Gasteiger charge is -2.24. The molecular formula is C21H22N4OS. The topological polar surface area (TPSA) is 49.3 Å². The van der Waals surface area contributed by atoms with E-state index in [1.54, 1.807) is 11.3 Å². The molecule has 27 heavy (non-hydrogen) atoms. The van der Waals surface area contributed by atoms with Crippen molar-refractivity contribution in [2.24, 2.45) is 5.92 Å². The Bertz CT molecular complexity index is 967. The highest BCUT2D eigenvalue weighted by molar-refractivity contribution is 7.13. The van der Waals surface area contributed by atoms with Crippen molar-refractivity contribution < 1.29 is 4.79 Å². The number of amides is 1. The second-order valence-electron chi connectivity index (χ2n) is 7.31. The molecule has 1 saturated carbocycles. The van der Waals surface area contributed by atoms with Gasteiger partial charge in [0.1, 0.15) is 5.82 Å². The van der Waals surface area contributed by atoms with Crippen LogP contribution in [-0.2, 0) is 4.79 Å². The third-order valence-corrected chi connectivity index (χ3v) is 6.22.